The molecule has 0 N–H and O–H groups in total. The van der Waals surface area contributed by atoms with E-state index in [9.17, 15) is 13.2 Å². The minimum atomic E-state index is -3.62. The van der Waals surface area contributed by atoms with Crippen LogP contribution in [0.5, 0.6) is 0 Å². The molecule has 0 spiro atoms. The third-order valence-electron chi connectivity index (χ3n) is 2.31. The normalized spacial score (nSPS) is 12.9. The Morgan fingerprint density at radius 2 is 2.06 bits per heavy atom. The first-order chi connectivity index (χ1) is 8.27. The predicted octanol–water partition coefficient (Wildman–Crippen LogP) is 1.67. The van der Waals surface area contributed by atoms with E-state index in [0.717, 1.165) is 10.6 Å². The van der Waals surface area contributed by atoms with E-state index in [1.807, 2.05) is 0 Å². The second-order valence-corrected chi connectivity index (χ2v) is 6.03. The van der Waals surface area contributed by atoms with Crippen LogP contribution in [0.25, 0.3) is 0 Å². The second kappa shape index (κ2) is 5.58. The molecule has 18 heavy (non-hydrogen) atoms. The number of ether oxygens (including phenoxy) is 1. The average Bonchev–Trinajstić information content (AvgIpc) is 2.26. The summed E-state index contributed by atoms with van der Waals surface area (Å²) < 4.78 is 29.1. The number of rotatable bonds is 4. The van der Waals surface area contributed by atoms with Crippen LogP contribution in [-0.2, 0) is 19.6 Å². The Bertz CT molecular complexity index is 544. The first-order valence-electron chi connectivity index (χ1n) is 5.10. The van der Waals surface area contributed by atoms with Crippen LogP contribution in [0.3, 0.4) is 0 Å². The van der Waals surface area contributed by atoms with E-state index >= 15 is 0 Å². The number of nitrogens with zero attached hydrogens (tertiary/aromatic N) is 1. The number of carbonyl (C=O) groups excluding carboxylic acids is 1. The van der Waals surface area contributed by atoms with Crippen molar-refractivity contribution in [2.75, 3.05) is 17.7 Å². The lowest BCUT2D eigenvalue weighted by Crippen LogP contribution is -2.43. The molecule has 0 heterocycles. The van der Waals surface area contributed by atoms with Crippen LogP contribution < -0.4 is 4.31 Å². The molecule has 0 amide bonds. The molecule has 0 saturated heterocycles. The number of esters is 1. The van der Waals surface area contributed by atoms with Gasteiger partial charge in [0.25, 0.3) is 0 Å². The molecule has 1 aromatic carbocycles. The Hall–Kier alpha value is -1.27. The standard InChI is InChI=1S/C11H14ClNO4S/c1-8(11(14)17-2)13(18(3,15)16)10-6-4-5-9(12)7-10/h4-8H,1-3H3/t8-/m1/s1. The third-order valence-corrected chi connectivity index (χ3v) is 3.79. The molecule has 0 unspecified atom stereocenters. The highest BCUT2D eigenvalue weighted by Crippen LogP contribution is 2.24. The molecule has 1 rings (SSSR count). The van der Waals surface area contributed by atoms with E-state index in [1.54, 1.807) is 18.2 Å². The molecule has 0 bridgehead atoms. The Kier molecular flexibility index (Phi) is 4.59. The molecule has 100 valence electrons. The fourth-order valence-electron chi connectivity index (χ4n) is 1.58. The molecule has 0 radical (unpaired) electrons. The average molecular weight is 292 g/mol. The summed E-state index contributed by atoms with van der Waals surface area (Å²) in [7, 11) is -2.41. The van der Waals surface area contributed by atoms with Gasteiger partial charge in [0.05, 0.1) is 19.1 Å². The van der Waals surface area contributed by atoms with Gasteiger partial charge in [-0.25, -0.2) is 13.2 Å². The third kappa shape index (κ3) is 3.36. The van der Waals surface area contributed by atoms with Gasteiger partial charge in [-0.05, 0) is 25.1 Å². The van der Waals surface area contributed by atoms with E-state index in [1.165, 1.54) is 20.1 Å². The fraction of sp³-hybridized carbons (Fsp3) is 0.364. The van der Waals surface area contributed by atoms with Crippen LogP contribution in [0, 0.1) is 0 Å². The quantitative estimate of drug-likeness (QED) is 0.792. The predicted molar refractivity (Wildman–Crippen MR) is 70.3 cm³/mol. The lowest BCUT2D eigenvalue weighted by molar-refractivity contribution is -0.141. The van der Waals surface area contributed by atoms with Crippen molar-refractivity contribution in [3.63, 3.8) is 0 Å². The summed E-state index contributed by atoms with van der Waals surface area (Å²) >= 11 is 5.82. The van der Waals surface area contributed by atoms with Crippen molar-refractivity contribution in [1.82, 2.24) is 0 Å². The summed E-state index contributed by atoms with van der Waals surface area (Å²) in [5.74, 6) is -0.639. The van der Waals surface area contributed by atoms with Gasteiger partial charge in [0.15, 0.2) is 0 Å². The molecule has 0 aliphatic carbocycles. The van der Waals surface area contributed by atoms with Gasteiger partial charge in [0, 0.05) is 5.02 Å². The number of hydrogen-bond donors (Lipinski definition) is 0. The number of carbonyl (C=O) groups is 1. The van der Waals surface area contributed by atoms with Gasteiger partial charge in [0.1, 0.15) is 6.04 Å². The van der Waals surface area contributed by atoms with Crippen LogP contribution in [-0.4, -0.2) is 33.8 Å². The summed E-state index contributed by atoms with van der Waals surface area (Å²) in [5, 5.41) is 0.387. The zero-order valence-electron chi connectivity index (χ0n) is 10.3. The minimum absolute atomic E-state index is 0.322. The Morgan fingerprint density at radius 3 is 2.50 bits per heavy atom. The van der Waals surface area contributed by atoms with Gasteiger partial charge in [-0.1, -0.05) is 17.7 Å². The largest absolute Gasteiger partial charge is 0.467 e. The fourth-order valence-corrected chi connectivity index (χ4v) is 2.92. The highest BCUT2D eigenvalue weighted by molar-refractivity contribution is 7.92. The summed E-state index contributed by atoms with van der Waals surface area (Å²) in [5.41, 5.74) is 0.322. The van der Waals surface area contributed by atoms with E-state index in [0.29, 0.717) is 10.7 Å². The van der Waals surface area contributed by atoms with Gasteiger partial charge in [0.2, 0.25) is 10.0 Å². The number of sulfonamides is 1. The summed E-state index contributed by atoms with van der Waals surface area (Å²) in [6, 6.07) is 5.31. The Labute approximate surface area is 111 Å². The van der Waals surface area contributed by atoms with E-state index < -0.39 is 22.0 Å². The van der Waals surface area contributed by atoms with Crippen LogP contribution in [0.4, 0.5) is 5.69 Å². The summed E-state index contributed by atoms with van der Waals surface area (Å²) in [6.45, 7) is 1.45. The highest BCUT2D eigenvalue weighted by atomic mass is 35.5. The molecule has 1 atom stereocenters. The number of halogens is 1. The highest BCUT2D eigenvalue weighted by Gasteiger charge is 2.29. The van der Waals surface area contributed by atoms with Gasteiger partial charge in [-0.15, -0.1) is 0 Å². The van der Waals surface area contributed by atoms with Crippen LogP contribution in [0.15, 0.2) is 24.3 Å². The molecule has 0 fully saturated rings. The minimum Gasteiger partial charge on any atom is -0.467 e. The zero-order chi connectivity index (χ0) is 13.9. The van der Waals surface area contributed by atoms with Gasteiger partial charge < -0.3 is 4.74 Å². The molecule has 0 aliphatic rings. The molecule has 1 aromatic rings. The van der Waals surface area contributed by atoms with Crippen molar-refractivity contribution >= 4 is 33.3 Å². The van der Waals surface area contributed by atoms with Crippen molar-refractivity contribution in [1.29, 1.82) is 0 Å². The van der Waals surface area contributed by atoms with Crippen LogP contribution in [0.2, 0.25) is 5.02 Å². The molecular formula is C11H14ClNO4S. The van der Waals surface area contributed by atoms with Crippen molar-refractivity contribution in [3.05, 3.63) is 29.3 Å². The molecule has 5 nitrogen and oxygen atoms in total. The maximum absolute atomic E-state index is 11.8. The first-order valence-corrected chi connectivity index (χ1v) is 7.33. The van der Waals surface area contributed by atoms with E-state index in [4.69, 9.17) is 11.6 Å². The maximum atomic E-state index is 11.8. The van der Waals surface area contributed by atoms with Crippen molar-refractivity contribution in [3.8, 4) is 0 Å². The summed E-state index contributed by atoms with van der Waals surface area (Å²) in [4.78, 5) is 11.5. The monoisotopic (exact) mass is 291 g/mol. The number of methoxy groups -OCH3 is 1. The van der Waals surface area contributed by atoms with Crippen molar-refractivity contribution in [2.24, 2.45) is 0 Å². The molecule has 0 saturated carbocycles. The molecule has 7 heteroatoms. The molecule has 0 aliphatic heterocycles. The van der Waals surface area contributed by atoms with Crippen LogP contribution >= 0.6 is 11.6 Å². The van der Waals surface area contributed by atoms with Crippen molar-refractivity contribution in [2.45, 2.75) is 13.0 Å². The topological polar surface area (TPSA) is 63.7 Å². The lowest BCUT2D eigenvalue weighted by Gasteiger charge is -2.27. The van der Waals surface area contributed by atoms with Gasteiger partial charge >= 0.3 is 5.97 Å². The number of anilines is 1. The SMILES string of the molecule is COC(=O)[C@@H](C)N(c1cccc(Cl)c1)S(C)(=O)=O. The maximum Gasteiger partial charge on any atom is 0.329 e. The Morgan fingerprint density at radius 1 is 1.44 bits per heavy atom. The number of hydrogen-bond acceptors (Lipinski definition) is 4. The van der Waals surface area contributed by atoms with Gasteiger partial charge in [-0.3, -0.25) is 4.31 Å². The van der Waals surface area contributed by atoms with E-state index in [-0.39, 0.29) is 0 Å². The lowest BCUT2D eigenvalue weighted by atomic mass is 10.2. The van der Waals surface area contributed by atoms with Gasteiger partial charge in [-0.2, -0.15) is 0 Å². The Balaban J connectivity index is 3.27. The van der Waals surface area contributed by atoms with Crippen LogP contribution in [0.1, 0.15) is 6.92 Å². The first kappa shape index (κ1) is 14.8. The smallest absolute Gasteiger partial charge is 0.329 e. The second-order valence-electron chi connectivity index (χ2n) is 3.74. The summed E-state index contributed by atoms with van der Waals surface area (Å²) in [6.07, 6.45) is 1.02. The number of benzene rings is 1. The van der Waals surface area contributed by atoms with E-state index in [2.05, 4.69) is 4.74 Å². The van der Waals surface area contributed by atoms with Crippen molar-refractivity contribution < 1.29 is 17.9 Å². The zero-order valence-corrected chi connectivity index (χ0v) is 11.8. The molecule has 0 aromatic heterocycles. The molecular weight excluding hydrogens is 278 g/mol.